The lowest BCUT2D eigenvalue weighted by atomic mass is 10.0. The summed E-state index contributed by atoms with van der Waals surface area (Å²) in [5, 5.41) is 3.50. The Morgan fingerprint density at radius 2 is 1.42 bits per heavy atom. The zero-order chi connectivity index (χ0) is 26.0. The minimum atomic E-state index is -0.438. The van der Waals surface area contributed by atoms with Gasteiger partial charge in [0.05, 0.1) is 19.4 Å². The third-order valence-electron chi connectivity index (χ3n) is 6.49. The molecule has 0 amide bonds. The average molecular weight is 501 g/mol. The molecule has 4 aromatic carbocycles. The molecule has 4 aromatic rings. The molecule has 0 aliphatic carbocycles. The summed E-state index contributed by atoms with van der Waals surface area (Å²) in [4.78, 5) is 5.29. The summed E-state index contributed by atoms with van der Waals surface area (Å²) in [5.41, 5.74) is 4.85. The summed E-state index contributed by atoms with van der Waals surface area (Å²) in [5.74, 6) is 0.842. The summed E-state index contributed by atoms with van der Waals surface area (Å²) in [7, 11) is 1.67. The van der Waals surface area contributed by atoms with Crippen LogP contribution in [-0.2, 0) is 10.4 Å². The average Bonchev–Trinajstić information content (AvgIpc) is 3.78. The van der Waals surface area contributed by atoms with E-state index in [1.54, 1.807) is 7.11 Å². The van der Waals surface area contributed by atoms with Crippen molar-refractivity contribution < 1.29 is 9.47 Å². The SMILES string of the molecule is COc1ccc(/C=C/COC(C(/C=C/c2ccccc2)=N\C2(c3ccccc3)CN2)c2ccccc2)cc1. The molecule has 1 fully saturated rings. The Morgan fingerprint density at radius 1 is 0.816 bits per heavy atom. The van der Waals surface area contributed by atoms with Crippen LogP contribution in [0.1, 0.15) is 28.4 Å². The number of hydrogen-bond acceptors (Lipinski definition) is 4. The monoisotopic (exact) mass is 500 g/mol. The molecule has 4 nitrogen and oxygen atoms in total. The summed E-state index contributed by atoms with van der Waals surface area (Å²) in [6, 6.07) is 38.9. The lowest BCUT2D eigenvalue weighted by Gasteiger charge is -2.21. The van der Waals surface area contributed by atoms with E-state index < -0.39 is 5.66 Å². The zero-order valence-electron chi connectivity index (χ0n) is 21.5. The molecule has 1 aliphatic rings. The molecule has 1 heterocycles. The number of nitrogens with one attached hydrogen (secondary N) is 1. The molecule has 1 N–H and O–H groups in total. The fourth-order valence-electron chi connectivity index (χ4n) is 4.33. The van der Waals surface area contributed by atoms with Crippen LogP contribution in [-0.4, -0.2) is 26.0 Å². The van der Waals surface area contributed by atoms with E-state index in [2.05, 4.69) is 72.1 Å². The van der Waals surface area contributed by atoms with Crippen molar-refractivity contribution in [2.45, 2.75) is 11.8 Å². The fraction of sp³-hybridized carbons (Fsp3) is 0.147. The highest BCUT2D eigenvalue weighted by Gasteiger charge is 2.44. The van der Waals surface area contributed by atoms with Gasteiger partial charge in [-0.1, -0.05) is 121 Å². The van der Waals surface area contributed by atoms with Gasteiger partial charge in [0.25, 0.3) is 0 Å². The normalized spacial score (nSPS) is 18.1. The van der Waals surface area contributed by atoms with Crippen LogP contribution in [0.2, 0.25) is 0 Å². The molecule has 0 aromatic heterocycles. The molecular weight excluding hydrogens is 468 g/mol. The first-order valence-corrected chi connectivity index (χ1v) is 12.9. The quantitative estimate of drug-likeness (QED) is 0.177. The van der Waals surface area contributed by atoms with Gasteiger partial charge in [0.1, 0.15) is 17.5 Å². The maximum Gasteiger partial charge on any atom is 0.149 e. The summed E-state index contributed by atoms with van der Waals surface area (Å²) in [6.45, 7) is 1.23. The highest BCUT2D eigenvalue weighted by atomic mass is 16.5. The maximum atomic E-state index is 6.53. The number of benzene rings is 4. The minimum Gasteiger partial charge on any atom is -0.497 e. The lowest BCUT2D eigenvalue weighted by Crippen LogP contribution is -2.20. The molecule has 2 unspecified atom stereocenters. The first-order valence-electron chi connectivity index (χ1n) is 12.9. The maximum absolute atomic E-state index is 6.53. The molecule has 1 saturated heterocycles. The van der Waals surface area contributed by atoms with Gasteiger partial charge in [0.2, 0.25) is 0 Å². The Morgan fingerprint density at radius 3 is 2.05 bits per heavy atom. The topological polar surface area (TPSA) is 52.8 Å². The minimum absolute atomic E-state index is 0.334. The highest BCUT2D eigenvalue weighted by Crippen LogP contribution is 2.34. The van der Waals surface area contributed by atoms with Crippen molar-refractivity contribution in [2.75, 3.05) is 20.3 Å². The first kappa shape index (κ1) is 25.4. The van der Waals surface area contributed by atoms with Crippen molar-refractivity contribution in [1.82, 2.24) is 5.32 Å². The Bertz CT molecular complexity index is 1380. The number of aliphatic imine (C=N–C) groups is 1. The number of ether oxygens (including phenoxy) is 2. The van der Waals surface area contributed by atoms with Gasteiger partial charge in [0.15, 0.2) is 0 Å². The standard InChI is InChI=1S/C34H32N2O2/c1-37-31-22-19-28(20-23-31)14-11-25-38-33(29-15-7-3-8-16-29)32(24-21-27-12-5-2-6-13-27)36-34(26-35-34)30-17-9-4-10-18-30/h2-24,33,35H,25-26H2,1H3/b14-11+,24-21+,36-32-. The molecule has 1 aliphatic heterocycles. The van der Waals surface area contributed by atoms with Gasteiger partial charge >= 0.3 is 0 Å². The molecule has 38 heavy (non-hydrogen) atoms. The van der Waals surface area contributed by atoms with Gasteiger partial charge in [-0.2, -0.15) is 0 Å². The van der Waals surface area contributed by atoms with Crippen LogP contribution in [0, 0.1) is 0 Å². The van der Waals surface area contributed by atoms with Crippen LogP contribution in [0.15, 0.2) is 132 Å². The van der Waals surface area contributed by atoms with Gasteiger partial charge in [0, 0.05) is 6.54 Å². The van der Waals surface area contributed by atoms with Gasteiger partial charge in [-0.15, -0.1) is 0 Å². The Kier molecular flexibility index (Phi) is 8.24. The fourth-order valence-corrected chi connectivity index (χ4v) is 4.33. The van der Waals surface area contributed by atoms with Crippen LogP contribution in [0.5, 0.6) is 5.75 Å². The van der Waals surface area contributed by atoms with E-state index in [4.69, 9.17) is 14.5 Å². The molecule has 0 bridgehead atoms. The lowest BCUT2D eigenvalue weighted by molar-refractivity contribution is 0.124. The second-order valence-corrected chi connectivity index (χ2v) is 9.16. The molecule has 0 saturated carbocycles. The largest absolute Gasteiger partial charge is 0.497 e. The molecule has 5 rings (SSSR count). The Balaban J connectivity index is 1.45. The third-order valence-corrected chi connectivity index (χ3v) is 6.49. The predicted octanol–water partition coefficient (Wildman–Crippen LogP) is 7.08. The van der Waals surface area contributed by atoms with E-state index in [1.807, 2.05) is 72.8 Å². The number of nitrogens with zero attached hydrogens (tertiary/aromatic N) is 1. The Hall–Kier alpha value is -4.25. The highest BCUT2D eigenvalue weighted by molar-refractivity contribution is 6.02. The smallest absolute Gasteiger partial charge is 0.149 e. The molecule has 2 atom stereocenters. The van der Waals surface area contributed by atoms with Gasteiger partial charge in [-0.05, 0) is 40.5 Å². The summed E-state index contributed by atoms with van der Waals surface area (Å²) in [6.07, 6.45) is 7.96. The molecule has 0 radical (unpaired) electrons. The van der Waals surface area contributed by atoms with Gasteiger partial charge < -0.3 is 9.47 Å². The van der Waals surface area contributed by atoms with Gasteiger partial charge in [-0.25, -0.2) is 0 Å². The van der Waals surface area contributed by atoms with Gasteiger partial charge in [-0.3, -0.25) is 10.3 Å². The van der Waals surface area contributed by atoms with Crippen molar-refractivity contribution in [1.29, 1.82) is 0 Å². The third kappa shape index (κ3) is 6.54. The van der Waals surface area contributed by atoms with Crippen molar-refractivity contribution in [3.05, 3.63) is 150 Å². The van der Waals surface area contributed by atoms with E-state index in [9.17, 15) is 0 Å². The van der Waals surface area contributed by atoms with Crippen LogP contribution in [0.25, 0.3) is 12.2 Å². The molecule has 190 valence electrons. The van der Waals surface area contributed by atoms with E-state index in [-0.39, 0.29) is 6.10 Å². The van der Waals surface area contributed by atoms with Crippen LogP contribution in [0.4, 0.5) is 0 Å². The Labute approximate surface area is 225 Å². The second kappa shape index (κ2) is 12.3. The number of methoxy groups -OCH3 is 1. The number of hydrogen-bond donors (Lipinski definition) is 1. The van der Waals surface area contributed by atoms with E-state index in [0.717, 1.165) is 40.3 Å². The van der Waals surface area contributed by atoms with Crippen LogP contribution < -0.4 is 10.1 Å². The van der Waals surface area contributed by atoms with E-state index in [1.165, 1.54) is 0 Å². The number of rotatable bonds is 11. The molecule has 0 spiro atoms. The van der Waals surface area contributed by atoms with Crippen molar-refractivity contribution in [3.8, 4) is 5.75 Å². The first-order chi connectivity index (χ1) is 18.8. The van der Waals surface area contributed by atoms with E-state index >= 15 is 0 Å². The summed E-state index contributed by atoms with van der Waals surface area (Å²) >= 11 is 0. The predicted molar refractivity (Wildman–Crippen MR) is 156 cm³/mol. The van der Waals surface area contributed by atoms with Crippen molar-refractivity contribution >= 4 is 17.9 Å². The summed E-state index contributed by atoms with van der Waals surface area (Å²) < 4.78 is 11.8. The van der Waals surface area contributed by atoms with Crippen LogP contribution in [0.3, 0.4) is 0 Å². The zero-order valence-corrected chi connectivity index (χ0v) is 21.5. The van der Waals surface area contributed by atoms with E-state index in [0.29, 0.717) is 6.61 Å². The van der Waals surface area contributed by atoms with Crippen molar-refractivity contribution in [2.24, 2.45) is 4.99 Å². The van der Waals surface area contributed by atoms with Crippen molar-refractivity contribution in [3.63, 3.8) is 0 Å². The van der Waals surface area contributed by atoms with Crippen LogP contribution >= 0.6 is 0 Å². The molecular formula is C34H32N2O2. The molecule has 4 heteroatoms. The second-order valence-electron chi connectivity index (χ2n) is 9.16.